The maximum atomic E-state index is 12.4. The lowest BCUT2D eigenvalue weighted by Crippen LogP contribution is -2.39. The van der Waals surface area contributed by atoms with Crippen LogP contribution in [0.5, 0.6) is 5.75 Å². The average Bonchev–Trinajstić information content (AvgIpc) is 2.69. The minimum Gasteiger partial charge on any atom is -0.490 e. The Hall–Kier alpha value is -2.58. The molecule has 6 heteroatoms. The molecule has 1 aliphatic rings. The predicted octanol–water partition coefficient (Wildman–Crippen LogP) is 4.35. The van der Waals surface area contributed by atoms with Gasteiger partial charge in [-0.05, 0) is 37.8 Å². The molecule has 0 aliphatic heterocycles. The number of nitrogens with one attached hydrogen (secondary N) is 1. The SMILES string of the molecule is C#Cc1ccc(OC2CCC(NC(=O)c3cnc(C(C)C)nc3)CC2)cc1Cl. The van der Waals surface area contributed by atoms with Gasteiger partial charge >= 0.3 is 0 Å². The Kier molecular flexibility index (Phi) is 6.53. The van der Waals surface area contributed by atoms with Crippen LogP contribution < -0.4 is 10.1 Å². The first-order chi connectivity index (χ1) is 13.5. The number of nitrogens with zero attached hydrogens (tertiary/aromatic N) is 2. The first kappa shape index (κ1) is 20.2. The van der Waals surface area contributed by atoms with Crippen LogP contribution in [-0.2, 0) is 0 Å². The Morgan fingerprint density at radius 2 is 1.93 bits per heavy atom. The minimum atomic E-state index is -0.128. The van der Waals surface area contributed by atoms with Crippen molar-refractivity contribution in [1.29, 1.82) is 0 Å². The molecule has 1 N–H and O–H groups in total. The van der Waals surface area contributed by atoms with E-state index in [1.807, 2.05) is 19.9 Å². The Morgan fingerprint density at radius 1 is 1.25 bits per heavy atom. The van der Waals surface area contributed by atoms with Gasteiger partial charge in [0, 0.05) is 36.0 Å². The maximum Gasteiger partial charge on any atom is 0.254 e. The van der Waals surface area contributed by atoms with Gasteiger partial charge in [-0.1, -0.05) is 31.4 Å². The highest BCUT2D eigenvalue weighted by molar-refractivity contribution is 6.31. The molecule has 0 saturated heterocycles. The summed E-state index contributed by atoms with van der Waals surface area (Å²) in [4.78, 5) is 20.9. The van der Waals surface area contributed by atoms with Crippen LogP contribution in [-0.4, -0.2) is 28.0 Å². The Bertz CT molecular complexity index is 866. The highest BCUT2D eigenvalue weighted by atomic mass is 35.5. The van der Waals surface area contributed by atoms with E-state index in [-0.39, 0.29) is 24.0 Å². The van der Waals surface area contributed by atoms with E-state index in [0.29, 0.717) is 16.1 Å². The van der Waals surface area contributed by atoms with Crippen molar-refractivity contribution in [2.45, 2.75) is 57.6 Å². The first-order valence-corrected chi connectivity index (χ1v) is 9.89. The summed E-state index contributed by atoms with van der Waals surface area (Å²) in [5.41, 5.74) is 1.15. The molecule has 1 aromatic carbocycles. The van der Waals surface area contributed by atoms with Crippen molar-refractivity contribution >= 4 is 17.5 Å². The molecule has 28 heavy (non-hydrogen) atoms. The zero-order valence-electron chi connectivity index (χ0n) is 16.1. The fraction of sp³-hybridized carbons (Fsp3) is 0.409. The van der Waals surface area contributed by atoms with Crippen LogP contribution in [0.1, 0.15) is 67.2 Å². The third kappa shape index (κ3) is 5.02. The van der Waals surface area contributed by atoms with E-state index in [1.165, 1.54) is 0 Å². The Labute approximate surface area is 170 Å². The molecule has 0 bridgehead atoms. The van der Waals surface area contributed by atoms with Crippen LogP contribution in [0.3, 0.4) is 0 Å². The molecule has 1 aliphatic carbocycles. The first-order valence-electron chi connectivity index (χ1n) is 9.52. The maximum absolute atomic E-state index is 12.4. The van der Waals surface area contributed by atoms with E-state index >= 15 is 0 Å². The Balaban J connectivity index is 1.49. The molecule has 1 fully saturated rings. The lowest BCUT2D eigenvalue weighted by Gasteiger charge is -2.29. The summed E-state index contributed by atoms with van der Waals surface area (Å²) in [6, 6.07) is 5.52. The average molecular weight is 398 g/mol. The molecule has 0 radical (unpaired) electrons. The van der Waals surface area contributed by atoms with Crippen LogP contribution in [0.4, 0.5) is 0 Å². The number of terminal acetylenes is 1. The number of carbonyl (C=O) groups excluding carboxylic acids is 1. The molecular formula is C22H24ClN3O2. The molecule has 1 aromatic heterocycles. The zero-order valence-corrected chi connectivity index (χ0v) is 16.9. The van der Waals surface area contributed by atoms with Crippen LogP contribution in [0.25, 0.3) is 0 Å². The quantitative estimate of drug-likeness (QED) is 0.761. The van der Waals surface area contributed by atoms with Crippen molar-refractivity contribution < 1.29 is 9.53 Å². The van der Waals surface area contributed by atoms with Gasteiger partial charge in [0.05, 0.1) is 16.7 Å². The van der Waals surface area contributed by atoms with Gasteiger partial charge in [0.1, 0.15) is 11.6 Å². The van der Waals surface area contributed by atoms with E-state index in [1.54, 1.807) is 24.5 Å². The molecule has 3 rings (SSSR count). The van der Waals surface area contributed by atoms with E-state index in [2.05, 4.69) is 21.2 Å². The molecule has 0 unspecified atom stereocenters. The number of rotatable bonds is 5. The number of hydrogen-bond acceptors (Lipinski definition) is 4. The second kappa shape index (κ2) is 9.07. The van der Waals surface area contributed by atoms with Gasteiger partial charge < -0.3 is 10.1 Å². The highest BCUT2D eigenvalue weighted by Crippen LogP contribution is 2.27. The minimum absolute atomic E-state index is 0.106. The number of benzene rings is 1. The molecule has 0 atom stereocenters. The summed E-state index contributed by atoms with van der Waals surface area (Å²) in [7, 11) is 0. The standard InChI is InChI=1S/C22H24ClN3O2/c1-4-15-5-8-19(11-20(15)23)28-18-9-6-17(7-10-18)26-22(27)16-12-24-21(14(2)3)25-13-16/h1,5,8,11-14,17-18H,6-7,9-10H2,2-3H3,(H,26,27). The Morgan fingerprint density at radius 3 is 2.50 bits per heavy atom. The van der Waals surface area contributed by atoms with Crippen LogP contribution >= 0.6 is 11.6 Å². The molecule has 0 spiro atoms. The second-order valence-corrected chi connectivity index (χ2v) is 7.74. The third-order valence-corrected chi connectivity index (χ3v) is 5.17. The molecule has 1 amide bonds. The van der Waals surface area contributed by atoms with Crippen LogP contribution in [0.15, 0.2) is 30.6 Å². The van der Waals surface area contributed by atoms with Crippen LogP contribution in [0.2, 0.25) is 5.02 Å². The molecule has 1 heterocycles. The number of aromatic nitrogens is 2. The number of amides is 1. The van der Waals surface area contributed by atoms with E-state index in [0.717, 1.165) is 37.3 Å². The largest absolute Gasteiger partial charge is 0.490 e. The van der Waals surface area contributed by atoms with Gasteiger partial charge in [0.25, 0.3) is 5.91 Å². The van der Waals surface area contributed by atoms with Gasteiger partial charge in [-0.2, -0.15) is 0 Å². The lowest BCUT2D eigenvalue weighted by molar-refractivity contribution is 0.0893. The zero-order chi connectivity index (χ0) is 20.1. The molecule has 2 aromatic rings. The highest BCUT2D eigenvalue weighted by Gasteiger charge is 2.24. The van der Waals surface area contributed by atoms with Gasteiger partial charge in [-0.25, -0.2) is 9.97 Å². The summed E-state index contributed by atoms with van der Waals surface area (Å²) >= 11 is 6.13. The predicted molar refractivity (Wildman–Crippen MR) is 110 cm³/mol. The number of halogens is 1. The summed E-state index contributed by atoms with van der Waals surface area (Å²) in [6.07, 6.45) is 12.1. The van der Waals surface area contributed by atoms with E-state index < -0.39 is 0 Å². The van der Waals surface area contributed by atoms with Crippen molar-refractivity contribution in [3.05, 3.63) is 52.6 Å². The van der Waals surface area contributed by atoms with Gasteiger partial charge in [0.15, 0.2) is 0 Å². The topological polar surface area (TPSA) is 64.1 Å². The molecule has 146 valence electrons. The van der Waals surface area contributed by atoms with Gasteiger partial charge in [-0.15, -0.1) is 6.42 Å². The van der Waals surface area contributed by atoms with Gasteiger partial charge in [-0.3, -0.25) is 4.79 Å². The fourth-order valence-electron chi connectivity index (χ4n) is 3.23. The van der Waals surface area contributed by atoms with Crippen molar-refractivity contribution in [2.75, 3.05) is 0 Å². The molecule has 5 nitrogen and oxygen atoms in total. The van der Waals surface area contributed by atoms with E-state index in [9.17, 15) is 4.79 Å². The van der Waals surface area contributed by atoms with Crippen molar-refractivity contribution in [3.63, 3.8) is 0 Å². The number of ether oxygens (including phenoxy) is 1. The summed E-state index contributed by atoms with van der Waals surface area (Å²) in [5.74, 6) is 4.11. The van der Waals surface area contributed by atoms with Crippen molar-refractivity contribution in [2.24, 2.45) is 0 Å². The van der Waals surface area contributed by atoms with E-state index in [4.69, 9.17) is 22.8 Å². The summed E-state index contributed by atoms with van der Waals surface area (Å²) in [5, 5.41) is 3.59. The normalized spacial score (nSPS) is 19.1. The lowest BCUT2D eigenvalue weighted by atomic mass is 9.92. The number of carbonyl (C=O) groups is 1. The van der Waals surface area contributed by atoms with Crippen molar-refractivity contribution in [1.82, 2.24) is 15.3 Å². The fourth-order valence-corrected chi connectivity index (χ4v) is 3.45. The van der Waals surface area contributed by atoms with Crippen molar-refractivity contribution in [3.8, 4) is 18.1 Å². The van der Waals surface area contributed by atoms with Gasteiger partial charge in [0.2, 0.25) is 0 Å². The molecule has 1 saturated carbocycles. The smallest absolute Gasteiger partial charge is 0.254 e. The summed E-state index contributed by atoms with van der Waals surface area (Å²) in [6.45, 7) is 4.04. The summed E-state index contributed by atoms with van der Waals surface area (Å²) < 4.78 is 6.02. The number of hydrogen-bond donors (Lipinski definition) is 1. The van der Waals surface area contributed by atoms with Crippen LogP contribution in [0, 0.1) is 12.3 Å². The monoisotopic (exact) mass is 397 g/mol. The molecular weight excluding hydrogens is 374 g/mol. The third-order valence-electron chi connectivity index (χ3n) is 4.86. The second-order valence-electron chi connectivity index (χ2n) is 7.34.